The Morgan fingerprint density at radius 1 is 1.60 bits per heavy atom. The largest absolute Gasteiger partial charge is 0.411 e. The van der Waals surface area contributed by atoms with Gasteiger partial charge in [0.05, 0.1) is 5.54 Å². The maximum absolute atomic E-state index is 11.0. The molecule has 10 heavy (non-hydrogen) atoms. The van der Waals surface area contributed by atoms with E-state index in [2.05, 4.69) is 5.16 Å². The monoisotopic (exact) mass is 144 g/mol. The fourth-order valence-electron chi connectivity index (χ4n) is 0.512. The molecule has 0 aromatic heterocycles. The van der Waals surface area contributed by atoms with E-state index < -0.39 is 5.54 Å². The molecule has 3 N–H and O–H groups in total. The average molecular weight is 144 g/mol. The van der Waals surface area contributed by atoms with Gasteiger partial charge in [-0.05, 0) is 20.8 Å². The molecule has 0 bridgehead atoms. The van der Waals surface area contributed by atoms with Crippen molar-refractivity contribution in [1.82, 2.24) is 0 Å². The Hall–Kier alpha value is -0.900. The third-order valence-corrected chi connectivity index (χ3v) is 1.06. The van der Waals surface area contributed by atoms with Crippen LogP contribution in [0.25, 0.3) is 0 Å². The van der Waals surface area contributed by atoms with Crippen molar-refractivity contribution in [1.29, 1.82) is 0 Å². The summed E-state index contributed by atoms with van der Waals surface area (Å²) in [4.78, 5) is 11.0. The van der Waals surface area contributed by atoms with Crippen molar-refractivity contribution in [2.75, 3.05) is 0 Å². The Labute approximate surface area is 59.7 Å². The van der Waals surface area contributed by atoms with Crippen molar-refractivity contribution in [2.45, 2.75) is 26.3 Å². The number of Topliss-reactive ketones (excluding diaryl/α,β-unsaturated/α-hetero) is 1. The van der Waals surface area contributed by atoms with E-state index >= 15 is 0 Å². The van der Waals surface area contributed by atoms with Crippen LogP contribution >= 0.6 is 0 Å². The van der Waals surface area contributed by atoms with Gasteiger partial charge in [-0.25, -0.2) is 0 Å². The van der Waals surface area contributed by atoms with E-state index in [1.165, 1.54) is 6.92 Å². The smallest absolute Gasteiger partial charge is 0.199 e. The summed E-state index contributed by atoms with van der Waals surface area (Å²) in [5.74, 6) is -0.352. The molecule has 0 saturated heterocycles. The van der Waals surface area contributed by atoms with Crippen molar-refractivity contribution in [3.05, 3.63) is 0 Å². The first-order valence-corrected chi connectivity index (χ1v) is 2.92. The van der Waals surface area contributed by atoms with Gasteiger partial charge in [-0.2, -0.15) is 0 Å². The van der Waals surface area contributed by atoms with E-state index in [9.17, 15) is 4.79 Å². The first-order valence-electron chi connectivity index (χ1n) is 2.92. The van der Waals surface area contributed by atoms with Crippen LogP contribution in [0.5, 0.6) is 0 Å². The van der Waals surface area contributed by atoms with Gasteiger partial charge in [0, 0.05) is 0 Å². The summed E-state index contributed by atoms with van der Waals surface area (Å²) in [7, 11) is 0. The number of rotatable bonds is 2. The Morgan fingerprint density at radius 2 is 2.00 bits per heavy atom. The van der Waals surface area contributed by atoms with E-state index in [1.54, 1.807) is 13.8 Å². The molecule has 0 fully saturated rings. The second-order valence-corrected chi connectivity index (χ2v) is 2.74. The molecule has 0 aliphatic heterocycles. The zero-order valence-corrected chi connectivity index (χ0v) is 6.38. The van der Waals surface area contributed by atoms with Gasteiger partial charge in [-0.3, -0.25) is 4.79 Å². The minimum atomic E-state index is -0.948. The van der Waals surface area contributed by atoms with Gasteiger partial charge < -0.3 is 10.9 Å². The molecule has 0 radical (unpaired) electrons. The number of oxime groups is 1. The van der Waals surface area contributed by atoms with Crippen LogP contribution in [0.1, 0.15) is 20.8 Å². The first kappa shape index (κ1) is 9.10. The molecule has 0 spiro atoms. The number of nitrogens with zero attached hydrogens (tertiary/aromatic N) is 1. The molecular weight excluding hydrogens is 132 g/mol. The average Bonchev–Trinajstić information content (AvgIpc) is 1.83. The lowest BCUT2D eigenvalue weighted by atomic mass is 9.98. The predicted octanol–water partition coefficient (Wildman–Crippen LogP) is 0.143. The Morgan fingerprint density at radius 3 is 2.10 bits per heavy atom. The van der Waals surface area contributed by atoms with Crippen LogP contribution in [0, 0.1) is 0 Å². The zero-order valence-electron chi connectivity index (χ0n) is 6.38. The Balaban J connectivity index is 4.39. The normalized spacial score (nSPS) is 13.4. The molecule has 4 nitrogen and oxygen atoms in total. The van der Waals surface area contributed by atoms with E-state index in [0.717, 1.165) is 0 Å². The third-order valence-electron chi connectivity index (χ3n) is 1.06. The van der Waals surface area contributed by atoms with Gasteiger partial charge >= 0.3 is 0 Å². The highest BCUT2D eigenvalue weighted by Crippen LogP contribution is 1.99. The molecule has 0 atom stereocenters. The van der Waals surface area contributed by atoms with Crippen molar-refractivity contribution in [3.8, 4) is 0 Å². The molecule has 0 aromatic carbocycles. The summed E-state index contributed by atoms with van der Waals surface area (Å²) in [6.45, 7) is 4.53. The van der Waals surface area contributed by atoms with E-state index in [-0.39, 0.29) is 11.5 Å². The van der Waals surface area contributed by atoms with Crippen LogP contribution in [0.3, 0.4) is 0 Å². The second kappa shape index (κ2) is 2.79. The molecule has 0 rings (SSSR count). The quantitative estimate of drug-likeness (QED) is 0.329. The summed E-state index contributed by atoms with van der Waals surface area (Å²) in [6, 6.07) is 0. The summed E-state index contributed by atoms with van der Waals surface area (Å²) in [5, 5.41) is 10.9. The van der Waals surface area contributed by atoms with E-state index in [4.69, 9.17) is 10.9 Å². The lowest BCUT2D eigenvalue weighted by Crippen LogP contribution is -2.44. The summed E-state index contributed by atoms with van der Waals surface area (Å²) in [5.41, 5.74) is 4.50. The van der Waals surface area contributed by atoms with Crippen molar-refractivity contribution in [3.63, 3.8) is 0 Å². The van der Waals surface area contributed by atoms with Crippen molar-refractivity contribution in [2.24, 2.45) is 10.9 Å². The van der Waals surface area contributed by atoms with Gasteiger partial charge in [0.2, 0.25) is 0 Å². The van der Waals surface area contributed by atoms with Crippen LogP contribution in [0.15, 0.2) is 5.16 Å². The van der Waals surface area contributed by atoms with E-state index in [0.29, 0.717) is 0 Å². The van der Waals surface area contributed by atoms with Crippen LogP contribution in [0.4, 0.5) is 0 Å². The fraction of sp³-hybridized carbons (Fsp3) is 0.667. The van der Waals surface area contributed by atoms with Gasteiger partial charge in [0.15, 0.2) is 5.78 Å². The van der Waals surface area contributed by atoms with Gasteiger partial charge in [-0.1, -0.05) is 5.16 Å². The molecule has 0 heterocycles. The van der Waals surface area contributed by atoms with Crippen molar-refractivity contribution >= 4 is 11.5 Å². The molecule has 0 amide bonds. The molecule has 0 aliphatic carbocycles. The summed E-state index contributed by atoms with van der Waals surface area (Å²) >= 11 is 0. The van der Waals surface area contributed by atoms with Crippen LogP contribution < -0.4 is 5.73 Å². The first-order chi connectivity index (χ1) is 4.39. The standard InChI is InChI=1S/C6H12N2O2/c1-4(8-10)5(9)6(2,3)7/h10H,7H2,1-3H3/b8-4+. The molecule has 58 valence electrons. The molecule has 0 aliphatic rings. The van der Waals surface area contributed by atoms with E-state index in [1.807, 2.05) is 0 Å². The van der Waals surface area contributed by atoms with Crippen LogP contribution in [-0.2, 0) is 4.79 Å². The number of carbonyl (C=O) groups excluding carboxylic acids is 1. The van der Waals surface area contributed by atoms with Crippen LogP contribution in [0.2, 0.25) is 0 Å². The number of hydrogen-bond acceptors (Lipinski definition) is 4. The maximum Gasteiger partial charge on any atom is 0.199 e. The second-order valence-electron chi connectivity index (χ2n) is 2.74. The van der Waals surface area contributed by atoms with Gasteiger partial charge in [0.1, 0.15) is 5.71 Å². The number of ketones is 1. The topological polar surface area (TPSA) is 75.7 Å². The minimum Gasteiger partial charge on any atom is -0.411 e. The van der Waals surface area contributed by atoms with Crippen molar-refractivity contribution < 1.29 is 10.0 Å². The Bertz CT molecular complexity index is 167. The third kappa shape index (κ3) is 2.14. The highest BCUT2D eigenvalue weighted by atomic mass is 16.4. The van der Waals surface area contributed by atoms with Gasteiger partial charge in [0.25, 0.3) is 0 Å². The summed E-state index contributed by atoms with van der Waals surface area (Å²) in [6.07, 6.45) is 0. The number of carbonyl (C=O) groups is 1. The summed E-state index contributed by atoms with van der Waals surface area (Å²) < 4.78 is 0. The lowest BCUT2D eigenvalue weighted by Gasteiger charge is -2.14. The number of nitrogens with two attached hydrogens (primary N) is 1. The molecule has 0 unspecified atom stereocenters. The maximum atomic E-state index is 11.0. The fourth-order valence-corrected chi connectivity index (χ4v) is 0.512. The molecule has 0 aromatic rings. The molecule has 4 heteroatoms. The van der Waals surface area contributed by atoms with Crippen LogP contribution in [-0.4, -0.2) is 22.2 Å². The van der Waals surface area contributed by atoms with Gasteiger partial charge in [-0.15, -0.1) is 0 Å². The molecule has 0 saturated carbocycles. The SMILES string of the molecule is C/C(=N\O)C(=O)C(C)(C)N. The Kier molecular flexibility index (Phi) is 2.54. The minimum absolute atomic E-state index is 0.0347. The highest BCUT2D eigenvalue weighted by Gasteiger charge is 2.24. The zero-order chi connectivity index (χ0) is 8.36. The predicted molar refractivity (Wildman–Crippen MR) is 38.2 cm³/mol. The molecular formula is C6H12N2O2. The highest BCUT2D eigenvalue weighted by molar-refractivity contribution is 6.41. The lowest BCUT2D eigenvalue weighted by molar-refractivity contribution is -0.116. The number of hydrogen-bond donors (Lipinski definition) is 2.